The molecule has 0 saturated heterocycles. The maximum atomic E-state index is 15.8. The zero-order chi connectivity index (χ0) is 23.7. The van der Waals surface area contributed by atoms with Crippen LogP contribution >= 0.6 is 0 Å². The Morgan fingerprint density at radius 1 is 0.938 bits per heavy atom. The lowest BCUT2D eigenvalue weighted by Gasteiger charge is -2.63. The number of hydrogen-bond donors (Lipinski definition) is 3. The van der Waals surface area contributed by atoms with Gasteiger partial charge in [-0.1, -0.05) is 33.6 Å². The first-order valence-electron chi connectivity index (χ1n) is 13.2. The maximum Gasteiger partial charge on any atom is 0.251 e. The van der Waals surface area contributed by atoms with Crippen molar-refractivity contribution in [3.8, 4) is 0 Å². The molecule has 0 radical (unpaired) electrons. The minimum Gasteiger partial charge on any atom is -0.390 e. The van der Waals surface area contributed by atoms with Gasteiger partial charge in [0.15, 0.2) is 0 Å². The van der Waals surface area contributed by atoms with E-state index in [1.165, 1.54) is 0 Å². The number of aliphatic hydroxyl groups excluding tert-OH is 2. The molecule has 4 saturated carbocycles. The Labute approximate surface area is 193 Å². The predicted octanol–water partition coefficient (Wildman–Crippen LogP) is 5.80. The zero-order valence-corrected chi connectivity index (χ0v) is 20.8. The first kappa shape index (κ1) is 24.9. The summed E-state index contributed by atoms with van der Waals surface area (Å²) in [5.41, 5.74) is -0.994. The van der Waals surface area contributed by atoms with Gasteiger partial charge in [-0.2, -0.15) is 0 Å². The van der Waals surface area contributed by atoms with Crippen molar-refractivity contribution in [2.75, 3.05) is 0 Å². The largest absolute Gasteiger partial charge is 0.390 e. The third kappa shape index (κ3) is 3.96. The van der Waals surface area contributed by atoms with Crippen LogP contribution in [-0.4, -0.2) is 39.1 Å². The summed E-state index contributed by atoms with van der Waals surface area (Å²) in [4.78, 5) is 0. The second-order valence-electron chi connectivity index (χ2n) is 13.3. The SMILES string of the molecule is C[C@H](CCCC(C)(C)O)[C@H]1CC[C@H]2[C@H]3[C@H](CC[C@]12C)[C@@]1(C)CC[C@H](O)[C@H](O)[C@@H]1CC3(F)F. The molecule has 4 rings (SSSR count). The smallest absolute Gasteiger partial charge is 0.251 e. The van der Waals surface area contributed by atoms with Gasteiger partial charge in [0, 0.05) is 12.3 Å². The van der Waals surface area contributed by atoms with Gasteiger partial charge < -0.3 is 15.3 Å². The highest BCUT2D eigenvalue weighted by Crippen LogP contribution is 2.71. The summed E-state index contributed by atoms with van der Waals surface area (Å²) in [6.07, 6.45) is 5.63. The van der Waals surface area contributed by atoms with Crippen LogP contribution in [0, 0.1) is 46.3 Å². The van der Waals surface area contributed by atoms with E-state index in [9.17, 15) is 15.3 Å². The fraction of sp³-hybridized carbons (Fsp3) is 1.00. The van der Waals surface area contributed by atoms with Crippen molar-refractivity contribution < 1.29 is 24.1 Å². The standard InChI is InChI=1S/C27H46F2O3/c1-16(7-6-12-24(2,3)32)17-8-9-18-22-19(10-13-25(17,18)4)26(5)14-11-21(30)23(31)20(26)15-27(22,28)29/h16-23,30-32H,6-15H2,1-5H3/t16-,17-,18+,19+,20+,21+,22+,23-,25-,26-/m1/s1. The van der Waals surface area contributed by atoms with Gasteiger partial charge in [-0.05, 0) is 99.2 Å². The molecule has 10 atom stereocenters. The Morgan fingerprint density at radius 2 is 1.56 bits per heavy atom. The molecule has 4 fully saturated rings. The molecule has 0 amide bonds. The van der Waals surface area contributed by atoms with Gasteiger partial charge in [0.05, 0.1) is 17.8 Å². The zero-order valence-electron chi connectivity index (χ0n) is 20.8. The van der Waals surface area contributed by atoms with E-state index in [4.69, 9.17) is 0 Å². The summed E-state index contributed by atoms with van der Waals surface area (Å²) in [6, 6.07) is 0. The molecule has 0 aromatic rings. The van der Waals surface area contributed by atoms with Gasteiger partial charge in [-0.15, -0.1) is 0 Å². The maximum absolute atomic E-state index is 15.8. The molecule has 32 heavy (non-hydrogen) atoms. The first-order chi connectivity index (χ1) is 14.7. The van der Waals surface area contributed by atoms with E-state index in [0.29, 0.717) is 18.3 Å². The lowest BCUT2D eigenvalue weighted by atomic mass is 9.43. The van der Waals surface area contributed by atoms with Crippen molar-refractivity contribution in [3.05, 3.63) is 0 Å². The molecule has 4 aliphatic carbocycles. The molecule has 0 unspecified atom stereocenters. The summed E-state index contributed by atoms with van der Waals surface area (Å²) in [7, 11) is 0. The van der Waals surface area contributed by atoms with E-state index in [1.807, 2.05) is 13.8 Å². The summed E-state index contributed by atoms with van der Waals surface area (Å²) < 4.78 is 31.7. The van der Waals surface area contributed by atoms with Crippen molar-refractivity contribution >= 4 is 0 Å². The highest BCUT2D eigenvalue weighted by atomic mass is 19.3. The van der Waals surface area contributed by atoms with Crippen molar-refractivity contribution in [2.45, 2.75) is 123 Å². The molecule has 0 spiro atoms. The molecule has 3 nitrogen and oxygen atoms in total. The summed E-state index contributed by atoms with van der Waals surface area (Å²) in [5, 5.41) is 30.9. The average molecular weight is 457 g/mol. The van der Waals surface area contributed by atoms with E-state index in [-0.39, 0.29) is 29.1 Å². The van der Waals surface area contributed by atoms with E-state index in [0.717, 1.165) is 51.4 Å². The summed E-state index contributed by atoms with van der Waals surface area (Å²) in [6.45, 7) is 10.4. The molecule has 0 aromatic carbocycles. The van der Waals surface area contributed by atoms with Crippen molar-refractivity contribution in [1.82, 2.24) is 0 Å². The lowest BCUT2D eigenvalue weighted by Crippen LogP contribution is -2.64. The van der Waals surface area contributed by atoms with Crippen LogP contribution in [0.4, 0.5) is 8.78 Å². The van der Waals surface area contributed by atoms with Gasteiger partial charge >= 0.3 is 0 Å². The molecular formula is C27H46F2O3. The van der Waals surface area contributed by atoms with E-state index in [1.54, 1.807) is 0 Å². The molecule has 0 aromatic heterocycles. The minimum absolute atomic E-state index is 0.0414. The van der Waals surface area contributed by atoms with Crippen LogP contribution in [0.25, 0.3) is 0 Å². The fourth-order valence-electron chi connectivity index (χ4n) is 9.22. The molecule has 0 aliphatic heterocycles. The topological polar surface area (TPSA) is 60.7 Å². The predicted molar refractivity (Wildman–Crippen MR) is 122 cm³/mol. The number of halogens is 2. The van der Waals surface area contributed by atoms with E-state index in [2.05, 4.69) is 20.8 Å². The second kappa shape index (κ2) is 8.16. The fourth-order valence-corrected chi connectivity index (χ4v) is 9.22. The van der Waals surface area contributed by atoms with Crippen LogP contribution in [0.1, 0.15) is 98.8 Å². The van der Waals surface area contributed by atoms with Crippen molar-refractivity contribution in [3.63, 3.8) is 0 Å². The van der Waals surface area contributed by atoms with Gasteiger partial charge in [0.1, 0.15) is 0 Å². The van der Waals surface area contributed by atoms with Crippen LogP contribution in [0.3, 0.4) is 0 Å². The normalized spacial score (nSPS) is 49.1. The van der Waals surface area contributed by atoms with E-state index >= 15 is 8.78 Å². The third-order valence-electron chi connectivity index (χ3n) is 10.9. The first-order valence-corrected chi connectivity index (χ1v) is 13.2. The van der Waals surface area contributed by atoms with Crippen LogP contribution in [0.15, 0.2) is 0 Å². The molecule has 3 N–H and O–H groups in total. The Morgan fingerprint density at radius 3 is 2.22 bits per heavy atom. The molecular weight excluding hydrogens is 410 g/mol. The van der Waals surface area contributed by atoms with Gasteiger partial charge in [-0.3, -0.25) is 0 Å². The number of alkyl halides is 2. The Kier molecular flexibility index (Phi) is 6.33. The Hall–Kier alpha value is -0.260. The number of aliphatic hydroxyl groups is 3. The minimum atomic E-state index is -2.78. The van der Waals surface area contributed by atoms with Crippen molar-refractivity contribution in [1.29, 1.82) is 0 Å². The number of fused-ring (bicyclic) bond motifs is 5. The monoisotopic (exact) mass is 456 g/mol. The van der Waals surface area contributed by atoms with Gasteiger partial charge in [0.25, 0.3) is 5.92 Å². The molecule has 0 heterocycles. The van der Waals surface area contributed by atoms with Crippen LogP contribution in [-0.2, 0) is 0 Å². The number of hydrogen-bond acceptors (Lipinski definition) is 3. The molecule has 0 bridgehead atoms. The van der Waals surface area contributed by atoms with Crippen LogP contribution < -0.4 is 0 Å². The second-order valence-corrected chi connectivity index (χ2v) is 13.3. The molecule has 4 aliphatic rings. The Balaban J connectivity index is 1.55. The van der Waals surface area contributed by atoms with E-state index < -0.39 is 35.6 Å². The van der Waals surface area contributed by atoms with Crippen LogP contribution in [0.5, 0.6) is 0 Å². The van der Waals surface area contributed by atoms with Crippen LogP contribution in [0.2, 0.25) is 0 Å². The quantitative estimate of drug-likeness (QED) is 0.490. The summed E-state index contributed by atoms with van der Waals surface area (Å²) >= 11 is 0. The third-order valence-corrected chi connectivity index (χ3v) is 10.9. The highest BCUT2D eigenvalue weighted by Gasteiger charge is 2.69. The van der Waals surface area contributed by atoms with Crippen molar-refractivity contribution in [2.24, 2.45) is 46.3 Å². The highest BCUT2D eigenvalue weighted by molar-refractivity contribution is 5.15. The molecule has 186 valence electrons. The van der Waals surface area contributed by atoms with Gasteiger partial charge in [-0.25, -0.2) is 8.78 Å². The lowest BCUT2D eigenvalue weighted by molar-refractivity contribution is -0.258. The van der Waals surface area contributed by atoms with Gasteiger partial charge in [0.2, 0.25) is 0 Å². The summed E-state index contributed by atoms with van der Waals surface area (Å²) in [5.74, 6) is -2.96. The average Bonchev–Trinajstić information content (AvgIpc) is 3.03. The number of rotatable bonds is 5. The Bertz CT molecular complexity index is 691. The molecule has 5 heteroatoms.